The number of nitrogens with two attached hydrogens (primary N) is 1. The van der Waals surface area contributed by atoms with E-state index in [2.05, 4.69) is 5.16 Å². The predicted molar refractivity (Wildman–Crippen MR) is 57.2 cm³/mol. The summed E-state index contributed by atoms with van der Waals surface area (Å²) in [7, 11) is 0. The van der Waals surface area contributed by atoms with E-state index in [1.165, 1.54) is 0 Å². The second kappa shape index (κ2) is 5.78. The maximum Gasteiger partial charge on any atom is 0.405 e. The van der Waals surface area contributed by atoms with Crippen molar-refractivity contribution in [2.45, 2.75) is 31.5 Å². The van der Waals surface area contributed by atoms with E-state index in [-0.39, 0.29) is 12.4 Å². The molecule has 0 radical (unpaired) electrons. The molecule has 0 saturated carbocycles. The number of urea groups is 1. The summed E-state index contributed by atoms with van der Waals surface area (Å²) in [6, 6.07) is -1.51. The lowest BCUT2D eigenvalue weighted by atomic mass is 10.0. The van der Waals surface area contributed by atoms with Gasteiger partial charge in [0, 0.05) is 6.54 Å². The number of oxime groups is 1. The fourth-order valence-corrected chi connectivity index (χ4v) is 1.83. The third kappa shape index (κ3) is 3.97. The molecule has 1 aliphatic heterocycles. The van der Waals surface area contributed by atoms with Gasteiger partial charge in [0.05, 0.1) is 6.04 Å². The number of nitrogens with one attached hydrogen (secondary N) is 1. The smallest absolute Gasteiger partial charge is 0.405 e. The van der Waals surface area contributed by atoms with Crippen molar-refractivity contribution in [3.05, 3.63) is 0 Å². The molecule has 104 valence electrons. The number of rotatable bonds is 2. The molecule has 4 N–H and O–H groups in total. The van der Waals surface area contributed by atoms with Crippen molar-refractivity contribution in [1.82, 2.24) is 10.2 Å². The van der Waals surface area contributed by atoms with Crippen molar-refractivity contribution < 1.29 is 23.2 Å². The summed E-state index contributed by atoms with van der Waals surface area (Å²) in [5, 5.41) is 13.1. The first kappa shape index (κ1) is 14.4. The molecule has 18 heavy (non-hydrogen) atoms. The average molecular weight is 268 g/mol. The molecule has 0 aromatic heterocycles. The maximum atomic E-state index is 12.0. The van der Waals surface area contributed by atoms with Crippen LogP contribution in [0.2, 0.25) is 0 Å². The molecule has 1 rings (SSSR count). The Kier molecular flexibility index (Phi) is 4.62. The summed E-state index contributed by atoms with van der Waals surface area (Å²) in [5.41, 5.74) is 5.41. The molecular formula is C9H15F3N4O2. The number of alkyl halides is 3. The van der Waals surface area contributed by atoms with Crippen LogP contribution in [-0.2, 0) is 0 Å². The summed E-state index contributed by atoms with van der Waals surface area (Å²) in [4.78, 5) is 12.8. The van der Waals surface area contributed by atoms with Gasteiger partial charge in [-0.1, -0.05) is 5.16 Å². The first-order valence-corrected chi connectivity index (χ1v) is 5.44. The zero-order chi connectivity index (χ0) is 13.8. The van der Waals surface area contributed by atoms with Crippen LogP contribution in [0.25, 0.3) is 0 Å². The lowest BCUT2D eigenvalue weighted by molar-refractivity contribution is -0.123. The second-order valence-electron chi connectivity index (χ2n) is 4.00. The van der Waals surface area contributed by atoms with Crippen molar-refractivity contribution in [3.8, 4) is 0 Å². The van der Waals surface area contributed by atoms with Gasteiger partial charge >= 0.3 is 12.2 Å². The molecule has 0 spiro atoms. The SMILES string of the molecule is NC(=NO)C1CCCCN1C(=O)NCC(F)(F)F. The summed E-state index contributed by atoms with van der Waals surface area (Å²) >= 11 is 0. The number of hydrogen-bond acceptors (Lipinski definition) is 3. The minimum atomic E-state index is -4.46. The number of carbonyl (C=O) groups is 1. The first-order chi connectivity index (χ1) is 8.35. The summed E-state index contributed by atoms with van der Waals surface area (Å²) in [6.45, 7) is -1.12. The van der Waals surface area contributed by atoms with Crippen LogP contribution in [-0.4, -0.2) is 47.3 Å². The van der Waals surface area contributed by atoms with Gasteiger partial charge in [0.15, 0.2) is 5.84 Å². The molecule has 1 atom stereocenters. The monoisotopic (exact) mass is 268 g/mol. The number of nitrogens with zero attached hydrogens (tertiary/aromatic N) is 2. The van der Waals surface area contributed by atoms with Gasteiger partial charge in [-0.25, -0.2) is 4.79 Å². The van der Waals surface area contributed by atoms with Gasteiger partial charge in [-0.05, 0) is 19.3 Å². The number of halogens is 3. The quantitative estimate of drug-likeness (QED) is 0.300. The number of piperidine rings is 1. The molecule has 0 aliphatic carbocycles. The van der Waals surface area contributed by atoms with E-state index >= 15 is 0 Å². The molecule has 0 bridgehead atoms. The van der Waals surface area contributed by atoms with Gasteiger partial charge in [-0.15, -0.1) is 0 Å². The third-order valence-corrected chi connectivity index (χ3v) is 2.66. The Labute approximate surface area is 102 Å². The highest BCUT2D eigenvalue weighted by molar-refractivity contribution is 5.89. The second-order valence-corrected chi connectivity index (χ2v) is 4.00. The van der Waals surface area contributed by atoms with Crippen LogP contribution < -0.4 is 11.1 Å². The molecule has 1 fully saturated rings. The molecule has 1 heterocycles. The van der Waals surface area contributed by atoms with Gasteiger partial charge in [-0.2, -0.15) is 13.2 Å². The van der Waals surface area contributed by atoms with Crippen LogP contribution in [0.5, 0.6) is 0 Å². The number of carbonyl (C=O) groups excluding carboxylic acids is 1. The maximum absolute atomic E-state index is 12.0. The first-order valence-electron chi connectivity index (χ1n) is 5.44. The fourth-order valence-electron chi connectivity index (χ4n) is 1.83. The van der Waals surface area contributed by atoms with Crippen LogP contribution >= 0.6 is 0 Å². The number of likely N-dealkylation sites (tertiary alicyclic amines) is 1. The van der Waals surface area contributed by atoms with E-state index in [4.69, 9.17) is 10.9 Å². The Balaban J connectivity index is 2.63. The molecule has 1 unspecified atom stereocenters. The van der Waals surface area contributed by atoms with E-state index in [9.17, 15) is 18.0 Å². The molecule has 9 heteroatoms. The van der Waals surface area contributed by atoms with Crippen LogP contribution in [0, 0.1) is 0 Å². The standard InChI is InChI=1S/C9H15F3N4O2/c10-9(11,12)5-14-8(17)16-4-2-1-3-6(16)7(13)15-18/h6,18H,1-5H2,(H2,13,15)(H,14,17). The van der Waals surface area contributed by atoms with Crippen molar-refractivity contribution in [1.29, 1.82) is 0 Å². The topological polar surface area (TPSA) is 91.0 Å². The number of amides is 2. The Morgan fingerprint density at radius 1 is 1.50 bits per heavy atom. The molecule has 0 aromatic carbocycles. The Hall–Kier alpha value is -1.67. The highest BCUT2D eigenvalue weighted by atomic mass is 19.4. The van der Waals surface area contributed by atoms with Crippen LogP contribution in [0.3, 0.4) is 0 Å². The molecule has 1 aliphatic rings. The van der Waals surface area contributed by atoms with Crippen molar-refractivity contribution in [2.75, 3.05) is 13.1 Å². The summed E-state index contributed by atoms with van der Waals surface area (Å²) in [6.07, 6.45) is -2.55. The lowest BCUT2D eigenvalue weighted by Crippen LogP contribution is -2.54. The molecular weight excluding hydrogens is 253 g/mol. The van der Waals surface area contributed by atoms with Gasteiger partial charge in [0.2, 0.25) is 0 Å². The zero-order valence-corrected chi connectivity index (χ0v) is 9.57. The summed E-state index contributed by atoms with van der Waals surface area (Å²) < 4.78 is 36.0. The van der Waals surface area contributed by atoms with Crippen LogP contribution in [0.1, 0.15) is 19.3 Å². The van der Waals surface area contributed by atoms with Crippen LogP contribution in [0.15, 0.2) is 5.16 Å². The lowest BCUT2D eigenvalue weighted by Gasteiger charge is -2.34. The Bertz CT molecular complexity index is 332. The normalized spacial score (nSPS) is 21.8. The largest absolute Gasteiger partial charge is 0.409 e. The van der Waals surface area contributed by atoms with E-state index in [1.807, 2.05) is 0 Å². The highest BCUT2D eigenvalue weighted by Gasteiger charge is 2.33. The van der Waals surface area contributed by atoms with E-state index in [1.54, 1.807) is 5.32 Å². The summed E-state index contributed by atoms with van der Waals surface area (Å²) in [5.74, 6) is -0.170. The van der Waals surface area contributed by atoms with E-state index < -0.39 is 24.8 Å². The molecule has 2 amide bonds. The van der Waals surface area contributed by atoms with E-state index in [0.717, 1.165) is 11.3 Å². The van der Waals surface area contributed by atoms with Gasteiger partial charge in [0.25, 0.3) is 0 Å². The molecule has 6 nitrogen and oxygen atoms in total. The Morgan fingerprint density at radius 3 is 2.72 bits per heavy atom. The van der Waals surface area contributed by atoms with Gasteiger partial charge in [-0.3, -0.25) is 0 Å². The molecule has 0 aromatic rings. The third-order valence-electron chi connectivity index (χ3n) is 2.66. The van der Waals surface area contributed by atoms with E-state index in [0.29, 0.717) is 12.8 Å². The zero-order valence-electron chi connectivity index (χ0n) is 9.57. The minimum Gasteiger partial charge on any atom is -0.409 e. The average Bonchev–Trinajstić information content (AvgIpc) is 2.34. The minimum absolute atomic E-state index is 0.170. The Morgan fingerprint density at radius 2 is 2.17 bits per heavy atom. The number of hydrogen-bond donors (Lipinski definition) is 3. The highest BCUT2D eigenvalue weighted by Crippen LogP contribution is 2.18. The van der Waals surface area contributed by atoms with Crippen molar-refractivity contribution in [2.24, 2.45) is 10.9 Å². The predicted octanol–water partition coefficient (Wildman–Crippen LogP) is 0.859. The van der Waals surface area contributed by atoms with Gasteiger partial charge < -0.3 is 21.2 Å². The molecule has 1 saturated heterocycles. The van der Waals surface area contributed by atoms with Crippen molar-refractivity contribution >= 4 is 11.9 Å². The number of amidine groups is 1. The van der Waals surface area contributed by atoms with Crippen molar-refractivity contribution in [3.63, 3.8) is 0 Å². The van der Waals surface area contributed by atoms with Crippen LogP contribution in [0.4, 0.5) is 18.0 Å². The fraction of sp³-hybridized carbons (Fsp3) is 0.778. The van der Waals surface area contributed by atoms with Gasteiger partial charge in [0.1, 0.15) is 6.54 Å².